The Labute approximate surface area is 170 Å². The molecule has 1 N–H and O–H groups in total. The molecule has 0 aliphatic carbocycles. The maximum Gasteiger partial charge on any atom is 0.0802 e. The van der Waals surface area contributed by atoms with E-state index in [9.17, 15) is 0 Å². The lowest BCUT2D eigenvalue weighted by atomic mass is 9.92. The van der Waals surface area contributed by atoms with Crippen molar-refractivity contribution in [2.24, 2.45) is 5.41 Å². The van der Waals surface area contributed by atoms with Crippen molar-refractivity contribution >= 4 is 28.6 Å². The van der Waals surface area contributed by atoms with E-state index in [0.29, 0.717) is 0 Å². The van der Waals surface area contributed by atoms with Crippen molar-refractivity contribution in [3.8, 4) is 0 Å². The van der Waals surface area contributed by atoms with Gasteiger partial charge < -0.3 is 10.2 Å². The van der Waals surface area contributed by atoms with Gasteiger partial charge >= 0.3 is 0 Å². The van der Waals surface area contributed by atoms with Crippen molar-refractivity contribution in [2.75, 3.05) is 16.8 Å². The Morgan fingerprint density at radius 1 is 1.04 bits per heavy atom. The summed E-state index contributed by atoms with van der Waals surface area (Å²) in [6, 6.07) is 11.5. The fourth-order valence-electron chi connectivity index (χ4n) is 3.89. The molecule has 1 heterocycles. The molecule has 0 aromatic heterocycles. The number of anilines is 2. The van der Waals surface area contributed by atoms with Crippen molar-refractivity contribution in [1.82, 2.24) is 0 Å². The second kappa shape index (κ2) is 7.63. The Morgan fingerprint density at radius 3 is 2.33 bits per heavy atom. The highest BCUT2D eigenvalue weighted by Gasteiger charge is 2.19. The number of hydrogen-bond acceptors (Lipinski definition) is 2. The van der Waals surface area contributed by atoms with Crippen molar-refractivity contribution in [1.29, 1.82) is 0 Å². The Bertz CT molecular complexity index is 838. The lowest BCUT2D eigenvalue weighted by molar-refractivity contribution is 0.436. The van der Waals surface area contributed by atoms with Crippen LogP contribution in [0.5, 0.6) is 0 Å². The van der Waals surface area contributed by atoms with E-state index in [1.165, 1.54) is 39.2 Å². The highest BCUT2D eigenvalue weighted by Crippen LogP contribution is 2.31. The highest BCUT2D eigenvalue weighted by molar-refractivity contribution is 7.80. The van der Waals surface area contributed by atoms with Crippen LogP contribution in [-0.2, 0) is 13.0 Å². The summed E-state index contributed by atoms with van der Waals surface area (Å²) < 4.78 is 0. The minimum Gasteiger partial charge on any atom is -0.367 e. The second-order valence-corrected chi connectivity index (χ2v) is 9.68. The fourth-order valence-corrected chi connectivity index (χ4v) is 4.42. The zero-order valence-corrected chi connectivity index (χ0v) is 18.4. The van der Waals surface area contributed by atoms with Gasteiger partial charge in [-0.2, -0.15) is 0 Å². The number of hydrogen-bond donors (Lipinski definition) is 1. The standard InChI is InChI=1S/C24H32N2S/c1-16-7-8-20-15-26(10-9-19(20)11-16)21-12-17(2)23(18(3)13-21)25-22(27)14-24(4,5)6/h7-8,11-13H,9-10,14-15H2,1-6H3,(H,25,27). The van der Waals surface area contributed by atoms with Gasteiger partial charge in [0.05, 0.1) is 4.99 Å². The third-order valence-corrected chi connectivity index (χ3v) is 5.46. The van der Waals surface area contributed by atoms with E-state index >= 15 is 0 Å². The normalized spacial score (nSPS) is 14.1. The van der Waals surface area contributed by atoms with E-state index < -0.39 is 0 Å². The summed E-state index contributed by atoms with van der Waals surface area (Å²) in [4.78, 5) is 3.42. The molecule has 0 bridgehead atoms. The first kappa shape index (κ1) is 19.9. The molecule has 2 nitrogen and oxygen atoms in total. The summed E-state index contributed by atoms with van der Waals surface area (Å²) in [5.74, 6) is 0. The average molecular weight is 381 g/mol. The number of nitrogens with zero attached hydrogens (tertiary/aromatic N) is 1. The predicted molar refractivity (Wildman–Crippen MR) is 122 cm³/mol. The van der Waals surface area contributed by atoms with Gasteiger partial charge in [-0.3, -0.25) is 0 Å². The summed E-state index contributed by atoms with van der Waals surface area (Å²) in [6.07, 6.45) is 2.01. The molecule has 0 saturated heterocycles. The molecule has 2 aromatic carbocycles. The third kappa shape index (κ3) is 4.90. The van der Waals surface area contributed by atoms with Crippen LogP contribution >= 0.6 is 12.2 Å². The molecule has 27 heavy (non-hydrogen) atoms. The molecule has 0 saturated carbocycles. The first-order valence-electron chi connectivity index (χ1n) is 9.87. The van der Waals surface area contributed by atoms with Crippen LogP contribution in [0.1, 0.15) is 55.0 Å². The minimum atomic E-state index is 0.200. The smallest absolute Gasteiger partial charge is 0.0802 e. The molecular weight excluding hydrogens is 348 g/mol. The van der Waals surface area contributed by atoms with Gasteiger partial charge in [-0.25, -0.2) is 0 Å². The van der Waals surface area contributed by atoms with E-state index in [1.54, 1.807) is 0 Å². The van der Waals surface area contributed by atoms with Crippen molar-refractivity contribution in [3.05, 3.63) is 58.1 Å². The minimum absolute atomic E-state index is 0.200. The summed E-state index contributed by atoms with van der Waals surface area (Å²) in [5, 5.41) is 3.50. The number of nitrogens with one attached hydrogen (secondary N) is 1. The Morgan fingerprint density at radius 2 is 1.70 bits per heavy atom. The van der Waals surface area contributed by atoms with Gasteiger partial charge in [0.15, 0.2) is 0 Å². The van der Waals surface area contributed by atoms with E-state index in [4.69, 9.17) is 12.2 Å². The lowest BCUT2D eigenvalue weighted by Crippen LogP contribution is -2.30. The largest absolute Gasteiger partial charge is 0.367 e. The van der Waals surface area contributed by atoms with Crippen molar-refractivity contribution in [3.63, 3.8) is 0 Å². The molecule has 144 valence electrons. The average Bonchev–Trinajstić information content (AvgIpc) is 2.56. The number of aryl methyl sites for hydroxylation is 3. The summed E-state index contributed by atoms with van der Waals surface area (Å²) in [7, 11) is 0. The predicted octanol–water partition coefficient (Wildman–Crippen LogP) is 6.35. The molecule has 3 heteroatoms. The van der Waals surface area contributed by atoms with Crippen LogP contribution < -0.4 is 10.2 Å². The van der Waals surface area contributed by atoms with Gasteiger partial charge in [-0.15, -0.1) is 0 Å². The van der Waals surface area contributed by atoms with Crippen LogP contribution in [-0.4, -0.2) is 11.5 Å². The Balaban J connectivity index is 1.79. The molecule has 0 amide bonds. The van der Waals surface area contributed by atoms with E-state index in [0.717, 1.165) is 30.9 Å². The number of thiocarbonyl (C=S) groups is 1. The quantitative estimate of drug-likeness (QED) is 0.625. The monoisotopic (exact) mass is 380 g/mol. The molecule has 2 aromatic rings. The maximum atomic E-state index is 5.59. The molecule has 0 radical (unpaired) electrons. The zero-order chi connectivity index (χ0) is 19.8. The van der Waals surface area contributed by atoms with Crippen LogP contribution in [0.4, 0.5) is 11.4 Å². The number of rotatable bonds is 3. The van der Waals surface area contributed by atoms with Crippen LogP contribution in [0.3, 0.4) is 0 Å². The van der Waals surface area contributed by atoms with Crippen molar-refractivity contribution < 1.29 is 0 Å². The van der Waals surface area contributed by atoms with Gasteiger partial charge in [0, 0.05) is 30.9 Å². The second-order valence-electron chi connectivity index (χ2n) is 9.18. The van der Waals surface area contributed by atoms with Crippen LogP contribution in [0.15, 0.2) is 30.3 Å². The number of fused-ring (bicyclic) bond motifs is 1. The van der Waals surface area contributed by atoms with Crippen LogP contribution in [0.25, 0.3) is 0 Å². The lowest BCUT2D eigenvalue weighted by Gasteiger charge is -2.32. The summed E-state index contributed by atoms with van der Waals surface area (Å²) in [6.45, 7) is 15.3. The molecular formula is C24H32N2S. The topological polar surface area (TPSA) is 15.3 Å². The van der Waals surface area contributed by atoms with Crippen molar-refractivity contribution in [2.45, 2.75) is 60.9 Å². The fraction of sp³-hybridized carbons (Fsp3) is 0.458. The van der Waals surface area contributed by atoms with Crippen LogP contribution in [0, 0.1) is 26.2 Å². The Hall–Kier alpha value is -1.87. The zero-order valence-electron chi connectivity index (χ0n) is 17.6. The van der Waals surface area contributed by atoms with Gasteiger partial charge in [0.1, 0.15) is 0 Å². The van der Waals surface area contributed by atoms with Crippen LogP contribution in [0.2, 0.25) is 0 Å². The molecule has 0 atom stereocenters. The first-order valence-corrected chi connectivity index (χ1v) is 10.3. The van der Waals surface area contributed by atoms with Gasteiger partial charge in [0.25, 0.3) is 0 Å². The molecule has 3 rings (SSSR count). The van der Waals surface area contributed by atoms with E-state index in [-0.39, 0.29) is 5.41 Å². The molecule has 0 spiro atoms. The molecule has 0 unspecified atom stereocenters. The molecule has 1 aliphatic rings. The van der Waals surface area contributed by atoms with Gasteiger partial charge in [0.2, 0.25) is 0 Å². The molecule has 0 fully saturated rings. The maximum absolute atomic E-state index is 5.59. The SMILES string of the molecule is Cc1ccc2c(c1)CCN(c1cc(C)c(NC(=S)CC(C)(C)C)c(C)c1)C2. The van der Waals surface area contributed by atoms with E-state index in [2.05, 4.69) is 82.1 Å². The highest BCUT2D eigenvalue weighted by atomic mass is 32.1. The molecule has 1 aliphatic heterocycles. The Kier molecular flexibility index (Phi) is 5.62. The van der Waals surface area contributed by atoms with E-state index in [1.807, 2.05) is 0 Å². The third-order valence-electron chi connectivity index (χ3n) is 5.21. The number of benzene rings is 2. The van der Waals surface area contributed by atoms with Gasteiger partial charge in [-0.1, -0.05) is 56.8 Å². The first-order chi connectivity index (χ1) is 12.6. The summed E-state index contributed by atoms with van der Waals surface area (Å²) >= 11 is 5.59. The summed E-state index contributed by atoms with van der Waals surface area (Å²) in [5.41, 5.74) is 9.51. The van der Waals surface area contributed by atoms with Gasteiger partial charge in [-0.05, 0) is 67.0 Å².